The van der Waals surface area contributed by atoms with E-state index in [4.69, 9.17) is 10.7 Å². The third kappa shape index (κ3) is 2.16. The summed E-state index contributed by atoms with van der Waals surface area (Å²) in [5, 5.41) is 1.35. The molecule has 1 saturated carbocycles. The molecule has 2 N–H and O–H groups in total. The van der Waals surface area contributed by atoms with Gasteiger partial charge in [-0.2, -0.15) is 0 Å². The van der Waals surface area contributed by atoms with Gasteiger partial charge in [-0.3, -0.25) is 0 Å². The summed E-state index contributed by atoms with van der Waals surface area (Å²) in [6.07, 6.45) is 5.41. The largest absolute Gasteiger partial charge is 0.330 e. The first-order valence-electron chi connectivity index (χ1n) is 6.22. The van der Waals surface area contributed by atoms with Crippen molar-refractivity contribution in [2.75, 3.05) is 6.54 Å². The average molecular weight is 238 g/mol. The van der Waals surface area contributed by atoms with Crippen molar-refractivity contribution in [2.45, 2.75) is 57.8 Å². The lowest BCUT2D eigenvalue weighted by atomic mass is 9.91. The minimum atomic E-state index is 0.0819. The van der Waals surface area contributed by atoms with Crippen molar-refractivity contribution in [3.8, 4) is 0 Å². The van der Waals surface area contributed by atoms with E-state index in [1.54, 1.807) is 0 Å². The van der Waals surface area contributed by atoms with Crippen LogP contribution >= 0.6 is 11.3 Å². The van der Waals surface area contributed by atoms with Gasteiger partial charge in [0.25, 0.3) is 0 Å². The number of hydrogen-bond acceptors (Lipinski definition) is 3. The van der Waals surface area contributed by atoms with Crippen LogP contribution in [0.25, 0.3) is 0 Å². The zero-order chi connectivity index (χ0) is 11.8. The quantitative estimate of drug-likeness (QED) is 0.877. The van der Waals surface area contributed by atoms with Crippen LogP contribution in [-0.2, 0) is 5.41 Å². The molecular weight excluding hydrogens is 216 g/mol. The Morgan fingerprint density at radius 2 is 2.00 bits per heavy atom. The van der Waals surface area contributed by atoms with Crippen molar-refractivity contribution in [3.63, 3.8) is 0 Å². The van der Waals surface area contributed by atoms with Gasteiger partial charge in [0.15, 0.2) is 0 Å². The van der Waals surface area contributed by atoms with Crippen LogP contribution in [0.4, 0.5) is 0 Å². The molecule has 1 aliphatic carbocycles. The number of aryl methyl sites for hydroxylation is 1. The third-order valence-corrected chi connectivity index (χ3v) is 5.33. The van der Waals surface area contributed by atoms with Gasteiger partial charge in [-0.1, -0.05) is 26.7 Å². The number of hydrogen-bond donors (Lipinski definition) is 1. The predicted octanol–water partition coefficient (Wildman–Crippen LogP) is 3.35. The molecule has 1 aromatic heterocycles. The standard InChI is InChI=1S/C13H22N2S/c1-9-11(13(2,3)8-14)16-12(15-9)10-6-4-5-7-10/h10H,4-8,14H2,1-3H3. The van der Waals surface area contributed by atoms with Crippen molar-refractivity contribution >= 4 is 11.3 Å². The Balaban J connectivity index is 2.27. The SMILES string of the molecule is Cc1nc(C2CCCC2)sc1C(C)(C)CN. The van der Waals surface area contributed by atoms with Crippen LogP contribution in [-0.4, -0.2) is 11.5 Å². The van der Waals surface area contributed by atoms with E-state index in [1.807, 2.05) is 11.3 Å². The summed E-state index contributed by atoms with van der Waals surface area (Å²) in [5.74, 6) is 0.728. The molecule has 3 heteroatoms. The van der Waals surface area contributed by atoms with Gasteiger partial charge >= 0.3 is 0 Å². The first-order chi connectivity index (χ1) is 7.54. The Bertz CT molecular complexity index is 362. The average Bonchev–Trinajstić information content (AvgIpc) is 2.85. The zero-order valence-corrected chi connectivity index (χ0v) is 11.4. The topological polar surface area (TPSA) is 38.9 Å². The van der Waals surface area contributed by atoms with Crippen LogP contribution in [0, 0.1) is 6.92 Å². The normalized spacial score (nSPS) is 18.2. The highest BCUT2D eigenvalue weighted by atomic mass is 32.1. The molecule has 1 aromatic rings. The van der Waals surface area contributed by atoms with Crippen molar-refractivity contribution in [1.29, 1.82) is 0 Å². The third-order valence-electron chi connectivity index (χ3n) is 3.64. The van der Waals surface area contributed by atoms with Crippen LogP contribution in [0.15, 0.2) is 0 Å². The predicted molar refractivity (Wildman–Crippen MR) is 70.1 cm³/mol. The van der Waals surface area contributed by atoms with Gasteiger partial charge in [0.05, 0.1) is 10.7 Å². The maximum atomic E-state index is 5.85. The molecule has 1 fully saturated rings. The highest BCUT2D eigenvalue weighted by molar-refractivity contribution is 7.12. The maximum Gasteiger partial charge on any atom is 0.0962 e. The van der Waals surface area contributed by atoms with Gasteiger partial charge in [0.2, 0.25) is 0 Å². The Hall–Kier alpha value is -0.410. The van der Waals surface area contributed by atoms with E-state index in [0.717, 1.165) is 5.92 Å². The van der Waals surface area contributed by atoms with E-state index < -0.39 is 0 Å². The number of thiazole rings is 1. The fourth-order valence-corrected chi connectivity index (χ4v) is 3.83. The summed E-state index contributed by atoms with van der Waals surface area (Å²) in [4.78, 5) is 6.16. The summed E-state index contributed by atoms with van der Waals surface area (Å²) in [6.45, 7) is 7.25. The molecule has 0 atom stereocenters. The summed E-state index contributed by atoms with van der Waals surface area (Å²) in [5.41, 5.74) is 7.13. The molecule has 90 valence electrons. The Morgan fingerprint density at radius 3 is 2.56 bits per heavy atom. The van der Waals surface area contributed by atoms with Crippen LogP contribution in [0.2, 0.25) is 0 Å². The van der Waals surface area contributed by atoms with E-state index in [1.165, 1.54) is 41.3 Å². The van der Waals surface area contributed by atoms with Crippen molar-refractivity contribution in [3.05, 3.63) is 15.6 Å². The molecule has 0 radical (unpaired) electrons. The molecule has 0 unspecified atom stereocenters. The molecule has 0 aromatic carbocycles. The van der Waals surface area contributed by atoms with E-state index >= 15 is 0 Å². The summed E-state index contributed by atoms with van der Waals surface area (Å²) in [6, 6.07) is 0. The minimum Gasteiger partial charge on any atom is -0.330 e. The van der Waals surface area contributed by atoms with Gasteiger partial charge in [0.1, 0.15) is 0 Å². The summed E-state index contributed by atoms with van der Waals surface area (Å²) >= 11 is 1.90. The Labute approximate surface area is 102 Å². The first-order valence-corrected chi connectivity index (χ1v) is 7.04. The van der Waals surface area contributed by atoms with E-state index in [0.29, 0.717) is 6.54 Å². The maximum absolute atomic E-state index is 5.85. The molecule has 0 spiro atoms. The van der Waals surface area contributed by atoms with Crippen molar-refractivity contribution in [2.24, 2.45) is 5.73 Å². The van der Waals surface area contributed by atoms with E-state index in [9.17, 15) is 0 Å². The number of nitrogens with zero attached hydrogens (tertiary/aromatic N) is 1. The first kappa shape index (κ1) is 12.1. The fraction of sp³-hybridized carbons (Fsp3) is 0.769. The molecule has 0 saturated heterocycles. The molecule has 0 bridgehead atoms. The minimum absolute atomic E-state index is 0.0819. The van der Waals surface area contributed by atoms with Gasteiger partial charge in [0, 0.05) is 22.8 Å². The van der Waals surface area contributed by atoms with Gasteiger partial charge in [-0.05, 0) is 19.8 Å². The molecule has 2 rings (SSSR count). The second-order valence-electron chi connectivity index (χ2n) is 5.54. The highest BCUT2D eigenvalue weighted by Gasteiger charge is 2.27. The Morgan fingerprint density at radius 1 is 1.38 bits per heavy atom. The van der Waals surface area contributed by atoms with E-state index in [2.05, 4.69) is 20.8 Å². The summed E-state index contributed by atoms with van der Waals surface area (Å²) in [7, 11) is 0. The van der Waals surface area contributed by atoms with Crippen LogP contribution in [0.3, 0.4) is 0 Å². The van der Waals surface area contributed by atoms with Crippen molar-refractivity contribution < 1.29 is 0 Å². The molecule has 1 aliphatic rings. The number of aromatic nitrogens is 1. The highest BCUT2D eigenvalue weighted by Crippen LogP contribution is 2.40. The molecule has 2 nitrogen and oxygen atoms in total. The molecule has 0 aliphatic heterocycles. The van der Waals surface area contributed by atoms with Crippen LogP contribution < -0.4 is 5.73 Å². The number of nitrogens with two attached hydrogens (primary N) is 1. The van der Waals surface area contributed by atoms with Gasteiger partial charge in [-0.25, -0.2) is 4.98 Å². The molecule has 0 amide bonds. The monoisotopic (exact) mass is 238 g/mol. The number of rotatable bonds is 3. The lowest BCUT2D eigenvalue weighted by molar-refractivity contribution is 0.546. The fourth-order valence-electron chi connectivity index (χ4n) is 2.49. The van der Waals surface area contributed by atoms with Gasteiger partial charge < -0.3 is 5.73 Å². The molecule has 1 heterocycles. The lowest BCUT2D eigenvalue weighted by Gasteiger charge is -2.21. The Kier molecular flexibility index (Phi) is 3.36. The second kappa shape index (κ2) is 4.46. The van der Waals surface area contributed by atoms with E-state index in [-0.39, 0.29) is 5.41 Å². The smallest absolute Gasteiger partial charge is 0.0962 e. The second-order valence-corrected chi connectivity index (χ2v) is 6.57. The zero-order valence-electron chi connectivity index (χ0n) is 10.5. The van der Waals surface area contributed by atoms with Crippen molar-refractivity contribution in [1.82, 2.24) is 4.98 Å². The van der Waals surface area contributed by atoms with Crippen LogP contribution in [0.1, 0.15) is 61.0 Å². The lowest BCUT2D eigenvalue weighted by Crippen LogP contribution is -2.27. The van der Waals surface area contributed by atoms with Crippen LogP contribution in [0.5, 0.6) is 0 Å². The molecule has 16 heavy (non-hydrogen) atoms. The van der Waals surface area contributed by atoms with Gasteiger partial charge in [-0.15, -0.1) is 11.3 Å². The molecular formula is C13H22N2S. The summed E-state index contributed by atoms with van der Waals surface area (Å²) < 4.78 is 0.